The fourth-order valence-corrected chi connectivity index (χ4v) is 1.88. The van der Waals surface area contributed by atoms with E-state index in [2.05, 4.69) is 24.9 Å². The monoisotopic (exact) mass is 257 g/mol. The Hall–Kier alpha value is -1.87. The Morgan fingerprint density at radius 3 is 2.63 bits per heavy atom. The van der Waals surface area contributed by atoms with Crippen LogP contribution in [0.4, 0.5) is 0 Å². The van der Waals surface area contributed by atoms with E-state index in [0.717, 1.165) is 17.7 Å². The Morgan fingerprint density at radius 2 is 2.00 bits per heavy atom. The molecule has 0 aliphatic carbocycles. The number of benzene rings is 1. The summed E-state index contributed by atoms with van der Waals surface area (Å²) in [6, 6.07) is 11.6. The molecule has 0 bridgehead atoms. The number of pyridine rings is 1. The van der Waals surface area contributed by atoms with Crippen LogP contribution in [-0.4, -0.2) is 10.1 Å². The minimum absolute atomic E-state index is 0.00324. The van der Waals surface area contributed by atoms with E-state index in [1.54, 1.807) is 12.3 Å². The van der Waals surface area contributed by atoms with E-state index in [4.69, 9.17) is 9.84 Å². The van der Waals surface area contributed by atoms with Crippen molar-refractivity contribution in [3.63, 3.8) is 0 Å². The maximum absolute atomic E-state index is 8.99. The lowest BCUT2D eigenvalue weighted by atomic mass is 9.98. The van der Waals surface area contributed by atoms with Gasteiger partial charge in [-0.1, -0.05) is 32.0 Å². The van der Waals surface area contributed by atoms with Crippen LogP contribution in [-0.2, 0) is 6.61 Å². The summed E-state index contributed by atoms with van der Waals surface area (Å²) in [5.74, 6) is 1.85. The highest BCUT2D eigenvalue weighted by Gasteiger charge is 2.10. The molecular weight excluding hydrogens is 238 g/mol. The molecule has 1 unspecified atom stereocenters. The second kappa shape index (κ2) is 6.34. The third kappa shape index (κ3) is 3.32. The largest absolute Gasteiger partial charge is 0.439 e. The Labute approximate surface area is 113 Å². The second-order valence-corrected chi connectivity index (χ2v) is 4.61. The van der Waals surface area contributed by atoms with Gasteiger partial charge in [-0.15, -0.1) is 0 Å². The van der Waals surface area contributed by atoms with Crippen molar-refractivity contribution < 1.29 is 9.84 Å². The number of aromatic nitrogens is 1. The van der Waals surface area contributed by atoms with Gasteiger partial charge in [-0.2, -0.15) is 0 Å². The number of nitrogens with zero attached hydrogens (tertiary/aromatic N) is 1. The summed E-state index contributed by atoms with van der Waals surface area (Å²) < 4.78 is 5.84. The maximum atomic E-state index is 8.99. The van der Waals surface area contributed by atoms with Crippen LogP contribution in [0.2, 0.25) is 0 Å². The molecule has 2 rings (SSSR count). The van der Waals surface area contributed by atoms with Gasteiger partial charge in [-0.3, -0.25) is 0 Å². The van der Waals surface area contributed by atoms with Crippen LogP contribution in [0.1, 0.15) is 37.3 Å². The van der Waals surface area contributed by atoms with Crippen molar-refractivity contribution in [1.29, 1.82) is 0 Å². The molecule has 0 aliphatic rings. The molecule has 0 amide bonds. The molecular formula is C16H19NO2. The van der Waals surface area contributed by atoms with Crippen LogP contribution in [0, 0.1) is 0 Å². The lowest BCUT2D eigenvalue weighted by Crippen LogP contribution is -1.97. The lowest BCUT2D eigenvalue weighted by Gasteiger charge is -2.14. The first kappa shape index (κ1) is 13.6. The fourth-order valence-electron chi connectivity index (χ4n) is 1.88. The first-order valence-electron chi connectivity index (χ1n) is 6.57. The zero-order valence-electron chi connectivity index (χ0n) is 11.3. The number of aliphatic hydroxyl groups is 1. The Bertz CT molecular complexity index is 523. The average molecular weight is 257 g/mol. The molecule has 100 valence electrons. The van der Waals surface area contributed by atoms with E-state index in [-0.39, 0.29) is 6.61 Å². The molecule has 0 saturated carbocycles. The van der Waals surface area contributed by atoms with Crippen LogP contribution >= 0.6 is 0 Å². The van der Waals surface area contributed by atoms with Gasteiger partial charge in [0.15, 0.2) is 0 Å². The van der Waals surface area contributed by atoms with Gasteiger partial charge in [-0.05, 0) is 35.6 Å². The van der Waals surface area contributed by atoms with Crippen LogP contribution < -0.4 is 4.74 Å². The highest BCUT2D eigenvalue weighted by Crippen LogP contribution is 2.31. The average Bonchev–Trinajstić information content (AvgIpc) is 2.48. The van der Waals surface area contributed by atoms with Crippen LogP contribution in [0.3, 0.4) is 0 Å². The molecule has 3 heteroatoms. The Morgan fingerprint density at radius 1 is 1.21 bits per heavy atom. The molecule has 19 heavy (non-hydrogen) atoms. The standard InChI is InChI=1S/C16H19NO2/c1-3-12(2)14-6-4-5-7-15(14)19-16-9-8-13(11-18)10-17-16/h4-10,12,18H,3,11H2,1-2H3. The third-order valence-electron chi connectivity index (χ3n) is 3.26. The summed E-state index contributed by atoms with van der Waals surface area (Å²) >= 11 is 0. The fraction of sp³-hybridized carbons (Fsp3) is 0.312. The highest BCUT2D eigenvalue weighted by molar-refractivity contribution is 5.38. The molecule has 0 radical (unpaired) electrons. The second-order valence-electron chi connectivity index (χ2n) is 4.61. The zero-order chi connectivity index (χ0) is 13.7. The van der Waals surface area contributed by atoms with Gasteiger partial charge in [0, 0.05) is 12.3 Å². The third-order valence-corrected chi connectivity index (χ3v) is 3.26. The summed E-state index contributed by atoms with van der Waals surface area (Å²) in [6.45, 7) is 4.34. The van der Waals surface area contributed by atoms with Crippen molar-refractivity contribution in [2.24, 2.45) is 0 Å². The predicted molar refractivity (Wildman–Crippen MR) is 75.4 cm³/mol. The summed E-state index contributed by atoms with van der Waals surface area (Å²) in [5, 5.41) is 8.99. The van der Waals surface area contributed by atoms with E-state index >= 15 is 0 Å². The van der Waals surface area contributed by atoms with E-state index < -0.39 is 0 Å². The minimum atomic E-state index is -0.00324. The van der Waals surface area contributed by atoms with Crippen molar-refractivity contribution in [2.75, 3.05) is 0 Å². The van der Waals surface area contributed by atoms with E-state index in [1.807, 2.05) is 24.3 Å². The summed E-state index contributed by atoms with van der Waals surface area (Å²) in [6.07, 6.45) is 2.69. The number of rotatable bonds is 5. The van der Waals surface area contributed by atoms with Crippen molar-refractivity contribution in [3.8, 4) is 11.6 Å². The quantitative estimate of drug-likeness (QED) is 0.883. The number of ether oxygens (including phenoxy) is 1. The van der Waals surface area contributed by atoms with Gasteiger partial charge in [0.25, 0.3) is 0 Å². The maximum Gasteiger partial charge on any atom is 0.219 e. The van der Waals surface area contributed by atoms with Crippen molar-refractivity contribution in [2.45, 2.75) is 32.8 Å². The molecule has 0 saturated heterocycles. The molecule has 1 heterocycles. The number of para-hydroxylation sites is 1. The number of hydrogen-bond donors (Lipinski definition) is 1. The van der Waals surface area contributed by atoms with Crippen LogP contribution in [0.5, 0.6) is 11.6 Å². The summed E-state index contributed by atoms with van der Waals surface area (Å²) in [5.41, 5.74) is 1.97. The molecule has 1 N–H and O–H groups in total. The molecule has 1 atom stereocenters. The van der Waals surface area contributed by atoms with E-state index in [1.165, 1.54) is 5.56 Å². The van der Waals surface area contributed by atoms with Crippen LogP contribution in [0.25, 0.3) is 0 Å². The molecule has 0 aliphatic heterocycles. The first-order chi connectivity index (χ1) is 9.24. The summed E-state index contributed by atoms with van der Waals surface area (Å²) in [4.78, 5) is 4.19. The Kier molecular flexibility index (Phi) is 4.53. The Balaban J connectivity index is 2.22. The number of hydrogen-bond acceptors (Lipinski definition) is 3. The molecule has 3 nitrogen and oxygen atoms in total. The van der Waals surface area contributed by atoms with Crippen molar-refractivity contribution >= 4 is 0 Å². The zero-order valence-corrected chi connectivity index (χ0v) is 11.3. The molecule has 2 aromatic rings. The number of aliphatic hydroxyl groups excluding tert-OH is 1. The minimum Gasteiger partial charge on any atom is -0.439 e. The smallest absolute Gasteiger partial charge is 0.219 e. The van der Waals surface area contributed by atoms with E-state index in [0.29, 0.717) is 11.8 Å². The molecule has 0 fully saturated rings. The molecule has 1 aromatic heterocycles. The van der Waals surface area contributed by atoms with Crippen molar-refractivity contribution in [3.05, 3.63) is 53.7 Å². The first-order valence-corrected chi connectivity index (χ1v) is 6.57. The summed E-state index contributed by atoms with van der Waals surface area (Å²) in [7, 11) is 0. The normalized spacial score (nSPS) is 12.2. The van der Waals surface area contributed by atoms with Gasteiger partial charge >= 0.3 is 0 Å². The van der Waals surface area contributed by atoms with Gasteiger partial charge in [0.1, 0.15) is 5.75 Å². The SMILES string of the molecule is CCC(C)c1ccccc1Oc1ccc(CO)cn1. The van der Waals surface area contributed by atoms with Gasteiger partial charge in [0.05, 0.1) is 6.61 Å². The molecule has 1 aromatic carbocycles. The van der Waals surface area contributed by atoms with Crippen LogP contribution in [0.15, 0.2) is 42.6 Å². The molecule has 0 spiro atoms. The van der Waals surface area contributed by atoms with Gasteiger partial charge in [-0.25, -0.2) is 4.98 Å². The lowest BCUT2D eigenvalue weighted by molar-refractivity contribution is 0.281. The van der Waals surface area contributed by atoms with Gasteiger partial charge < -0.3 is 9.84 Å². The van der Waals surface area contributed by atoms with E-state index in [9.17, 15) is 0 Å². The highest BCUT2D eigenvalue weighted by atomic mass is 16.5. The van der Waals surface area contributed by atoms with Crippen molar-refractivity contribution in [1.82, 2.24) is 4.98 Å². The predicted octanol–water partition coefficient (Wildman–Crippen LogP) is 3.88. The van der Waals surface area contributed by atoms with Gasteiger partial charge in [0.2, 0.25) is 5.88 Å². The topological polar surface area (TPSA) is 42.4 Å².